The summed E-state index contributed by atoms with van der Waals surface area (Å²) in [4.78, 5) is 12.4. The third kappa shape index (κ3) is 4.14. The lowest BCUT2D eigenvalue weighted by molar-refractivity contribution is -0.115. The number of anilines is 1. The van der Waals surface area contributed by atoms with Crippen molar-refractivity contribution in [2.24, 2.45) is 0 Å². The number of benzene rings is 2. The molecular formula is C20H22N4OS. The average Bonchev–Trinajstić information content (AvgIpc) is 3.05. The fourth-order valence-corrected chi connectivity index (χ4v) is 3.55. The Morgan fingerprint density at radius 2 is 1.92 bits per heavy atom. The number of amides is 1. The summed E-state index contributed by atoms with van der Waals surface area (Å²) in [5.41, 5.74) is 3.01. The minimum absolute atomic E-state index is 0.0519. The van der Waals surface area contributed by atoms with Gasteiger partial charge in [0, 0.05) is 17.8 Å². The second-order valence-electron chi connectivity index (χ2n) is 6.04. The first-order valence-electron chi connectivity index (χ1n) is 8.61. The van der Waals surface area contributed by atoms with Crippen LogP contribution in [0.4, 0.5) is 5.69 Å². The molecule has 134 valence electrons. The highest BCUT2D eigenvalue weighted by Gasteiger charge is 2.20. The minimum Gasteiger partial charge on any atom is -0.325 e. The molecule has 1 amide bonds. The summed E-state index contributed by atoms with van der Waals surface area (Å²) in [7, 11) is 0. The van der Waals surface area contributed by atoms with E-state index < -0.39 is 0 Å². The lowest BCUT2D eigenvalue weighted by Gasteiger charge is -2.13. The lowest BCUT2D eigenvalue weighted by atomic mass is 10.1. The number of thioether (sulfide) groups is 1. The Morgan fingerprint density at radius 3 is 2.62 bits per heavy atom. The van der Waals surface area contributed by atoms with Gasteiger partial charge in [-0.2, -0.15) is 0 Å². The molecule has 0 spiro atoms. The van der Waals surface area contributed by atoms with E-state index in [0.717, 1.165) is 28.8 Å². The van der Waals surface area contributed by atoms with E-state index in [1.165, 1.54) is 17.3 Å². The molecule has 0 saturated carbocycles. The molecule has 1 N–H and O–H groups in total. The Morgan fingerprint density at radius 1 is 1.15 bits per heavy atom. The second-order valence-corrected chi connectivity index (χ2v) is 7.34. The molecular weight excluding hydrogens is 344 g/mol. The summed E-state index contributed by atoms with van der Waals surface area (Å²) >= 11 is 1.42. The van der Waals surface area contributed by atoms with Crippen LogP contribution < -0.4 is 5.32 Å². The first kappa shape index (κ1) is 18.2. The van der Waals surface area contributed by atoms with E-state index in [1.54, 1.807) is 0 Å². The molecule has 0 aliphatic heterocycles. The van der Waals surface area contributed by atoms with E-state index in [9.17, 15) is 4.79 Å². The first-order chi connectivity index (χ1) is 12.6. The number of para-hydroxylation sites is 1. The predicted molar refractivity (Wildman–Crippen MR) is 106 cm³/mol. The molecule has 0 radical (unpaired) electrons. The van der Waals surface area contributed by atoms with E-state index in [4.69, 9.17) is 0 Å². The van der Waals surface area contributed by atoms with Gasteiger partial charge in [0.1, 0.15) is 0 Å². The van der Waals surface area contributed by atoms with Crippen molar-refractivity contribution in [3.63, 3.8) is 0 Å². The summed E-state index contributed by atoms with van der Waals surface area (Å²) in [6.45, 7) is 6.73. The SMILES string of the molecule is CCn1c(S[C@@H](C)C(=O)Nc2ccccc2)nnc1-c1cccc(C)c1. The number of hydrogen-bond donors (Lipinski definition) is 1. The quantitative estimate of drug-likeness (QED) is 0.657. The van der Waals surface area contributed by atoms with E-state index in [-0.39, 0.29) is 11.2 Å². The molecule has 0 fully saturated rings. The Bertz CT molecular complexity index is 892. The maximum absolute atomic E-state index is 12.4. The van der Waals surface area contributed by atoms with Crippen molar-refractivity contribution in [3.05, 3.63) is 60.2 Å². The largest absolute Gasteiger partial charge is 0.325 e. The van der Waals surface area contributed by atoms with Gasteiger partial charge in [-0.1, -0.05) is 53.7 Å². The van der Waals surface area contributed by atoms with Gasteiger partial charge in [-0.3, -0.25) is 4.79 Å². The molecule has 26 heavy (non-hydrogen) atoms. The van der Waals surface area contributed by atoms with Crippen molar-refractivity contribution in [2.45, 2.75) is 37.7 Å². The van der Waals surface area contributed by atoms with Crippen molar-refractivity contribution in [1.82, 2.24) is 14.8 Å². The molecule has 0 unspecified atom stereocenters. The van der Waals surface area contributed by atoms with Gasteiger partial charge in [0.15, 0.2) is 11.0 Å². The molecule has 1 aromatic heterocycles. The molecule has 0 aliphatic rings. The van der Waals surface area contributed by atoms with Gasteiger partial charge in [0.2, 0.25) is 5.91 Å². The standard InChI is InChI=1S/C20H22N4OS/c1-4-24-18(16-10-8-9-14(2)13-16)22-23-20(24)26-15(3)19(25)21-17-11-6-5-7-12-17/h5-13,15H,4H2,1-3H3,(H,21,25)/t15-/m0/s1. The number of nitrogens with zero attached hydrogens (tertiary/aromatic N) is 3. The van der Waals surface area contributed by atoms with Crippen LogP contribution in [0.2, 0.25) is 0 Å². The maximum Gasteiger partial charge on any atom is 0.237 e. The number of aryl methyl sites for hydroxylation is 1. The summed E-state index contributed by atoms with van der Waals surface area (Å²) in [6.07, 6.45) is 0. The zero-order chi connectivity index (χ0) is 18.5. The Labute approximate surface area is 157 Å². The number of hydrogen-bond acceptors (Lipinski definition) is 4. The van der Waals surface area contributed by atoms with Gasteiger partial charge in [0.05, 0.1) is 5.25 Å². The van der Waals surface area contributed by atoms with Gasteiger partial charge in [-0.05, 0) is 39.0 Å². The molecule has 3 rings (SSSR count). The van der Waals surface area contributed by atoms with Crippen LogP contribution in [0.25, 0.3) is 11.4 Å². The molecule has 6 heteroatoms. The second kappa shape index (κ2) is 8.19. The Hall–Kier alpha value is -2.60. The zero-order valence-corrected chi connectivity index (χ0v) is 16.0. The molecule has 0 saturated heterocycles. The van der Waals surface area contributed by atoms with Crippen LogP contribution >= 0.6 is 11.8 Å². The number of nitrogens with one attached hydrogen (secondary N) is 1. The normalized spacial score (nSPS) is 12.0. The third-order valence-corrected chi connectivity index (χ3v) is 5.08. The van der Waals surface area contributed by atoms with Gasteiger partial charge in [-0.25, -0.2) is 0 Å². The maximum atomic E-state index is 12.4. The van der Waals surface area contributed by atoms with Gasteiger partial charge < -0.3 is 9.88 Å². The highest BCUT2D eigenvalue weighted by Crippen LogP contribution is 2.27. The first-order valence-corrected chi connectivity index (χ1v) is 9.49. The van der Waals surface area contributed by atoms with Crippen LogP contribution in [-0.2, 0) is 11.3 Å². The number of carbonyl (C=O) groups is 1. The monoisotopic (exact) mass is 366 g/mol. The van der Waals surface area contributed by atoms with Gasteiger partial charge in [-0.15, -0.1) is 10.2 Å². The molecule has 1 heterocycles. The van der Waals surface area contributed by atoms with Crippen molar-refractivity contribution in [1.29, 1.82) is 0 Å². The van der Waals surface area contributed by atoms with Gasteiger partial charge in [0.25, 0.3) is 0 Å². The van der Waals surface area contributed by atoms with Crippen LogP contribution in [-0.4, -0.2) is 25.9 Å². The highest BCUT2D eigenvalue weighted by molar-refractivity contribution is 8.00. The van der Waals surface area contributed by atoms with Crippen molar-refractivity contribution < 1.29 is 4.79 Å². The fraction of sp³-hybridized carbons (Fsp3) is 0.250. The van der Waals surface area contributed by atoms with E-state index >= 15 is 0 Å². The molecule has 2 aromatic carbocycles. The summed E-state index contributed by atoms with van der Waals surface area (Å²) in [5.74, 6) is 0.776. The molecule has 3 aromatic rings. The number of aromatic nitrogens is 3. The van der Waals surface area contributed by atoms with Crippen molar-refractivity contribution in [2.75, 3.05) is 5.32 Å². The minimum atomic E-state index is -0.282. The highest BCUT2D eigenvalue weighted by atomic mass is 32.2. The summed E-state index contributed by atoms with van der Waals surface area (Å²) < 4.78 is 2.05. The molecule has 0 bridgehead atoms. The van der Waals surface area contributed by atoms with E-state index in [0.29, 0.717) is 0 Å². The zero-order valence-electron chi connectivity index (χ0n) is 15.1. The molecule has 1 atom stereocenters. The summed E-state index contributed by atoms with van der Waals surface area (Å²) in [6, 6.07) is 17.7. The van der Waals surface area contributed by atoms with Crippen LogP contribution in [0.1, 0.15) is 19.4 Å². The Kier molecular flexibility index (Phi) is 5.73. The summed E-state index contributed by atoms with van der Waals surface area (Å²) in [5, 5.41) is 12.1. The van der Waals surface area contributed by atoms with Crippen LogP contribution in [0.5, 0.6) is 0 Å². The topological polar surface area (TPSA) is 59.8 Å². The van der Waals surface area contributed by atoms with Crippen molar-refractivity contribution in [3.8, 4) is 11.4 Å². The fourth-order valence-electron chi connectivity index (χ4n) is 2.64. The van der Waals surface area contributed by atoms with E-state index in [2.05, 4.69) is 41.5 Å². The van der Waals surface area contributed by atoms with E-state index in [1.807, 2.05) is 54.0 Å². The van der Waals surface area contributed by atoms with Crippen molar-refractivity contribution >= 4 is 23.4 Å². The van der Waals surface area contributed by atoms with Crippen LogP contribution in [0, 0.1) is 6.92 Å². The van der Waals surface area contributed by atoms with Gasteiger partial charge >= 0.3 is 0 Å². The smallest absolute Gasteiger partial charge is 0.237 e. The lowest BCUT2D eigenvalue weighted by Crippen LogP contribution is -2.22. The molecule has 0 aliphatic carbocycles. The average molecular weight is 366 g/mol. The molecule has 5 nitrogen and oxygen atoms in total. The Balaban J connectivity index is 1.76. The number of carbonyl (C=O) groups excluding carboxylic acids is 1. The number of rotatable bonds is 6. The predicted octanol–water partition coefficient (Wildman–Crippen LogP) is 4.39. The van der Waals surface area contributed by atoms with Crippen LogP contribution in [0.3, 0.4) is 0 Å². The van der Waals surface area contributed by atoms with Crippen LogP contribution in [0.15, 0.2) is 59.8 Å². The third-order valence-electron chi connectivity index (χ3n) is 4.00.